The Morgan fingerprint density at radius 1 is 1.00 bits per heavy atom. The zero-order valence-electron chi connectivity index (χ0n) is 14.9. The molecule has 0 radical (unpaired) electrons. The Balaban J connectivity index is 2.12. The van der Waals surface area contributed by atoms with Gasteiger partial charge in [0.25, 0.3) is 0 Å². The molecule has 0 N–H and O–H groups in total. The van der Waals surface area contributed by atoms with Gasteiger partial charge in [0, 0.05) is 13.5 Å². The Morgan fingerprint density at radius 3 is 2.30 bits per heavy atom. The maximum atomic E-state index is 12.0. The number of rotatable bonds is 12. The summed E-state index contributed by atoms with van der Waals surface area (Å²) in [6.07, 6.45) is 7.23. The molecule has 0 aromatic heterocycles. The van der Waals surface area contributed by atoms with Crippen LogP contribution < -0.4 is 0 Å². The fourth-order valence-corrected chi connectivity index (χ4v) is 2.54. The molecule has 1 aromatic rings. The van der Waals surface area contributed by atoms with Crippen molar-refractivity contribution in [3.63, 3.8) is 0 Å². The third-order valence-corrected chi connectivity index (χ3v) is 3.98. The van der Waals surface area contributed by atoms with Gasteiger partial charge in [0.05, 0.1) is 6.61 Å². The Kier molecular flexibility index (Phi) is 10.4. The molecule has 0 saturated carbocycles. The molecule has 1 unspecified atom stereocenters. The van der Waals surface area contributed by atoms with E-state index in [1.165, 1.54) is 25.7 Å². The average Bonchev–Trinajstić information content (AvgIpc) is 2.55. The molecule has 1 atom stereocenters. The van der Waals surface area contributed by atoms with E-state index in [-0.39, 0.29) is 5.97 Å². The van der Waals surface area contributed by atoms with E-state index in [9.17, 15) is 4.79 Å². The van der Waals surface area contributed by atoms with Crippen molar-refractivity contribution in [2.24, 2.45) is 5.92 Å². The summed E-state index contributed by atoms with van der Waals surface area (Å²) >= 11 is 0. The van der Waals surface area contributed by atoms with Gasteiger partial charge in [-0.25, -0.2) is 4.79 Å². The second kappa shape index (κ2) is 12.1. The number of hydrogen-bond donors (Lipinski definition) is 0. The third-order valence-electron chi connectivity index (χ3n) is 3.98. The monoisotopic (exact) mass is 320 g/mol. The number of unbranched alkanes of at least 4 members (excludes halogenated alkanes) is 4. The fraction of sp³-hybridized carbons (Fsp3) is 0.650. The number of benzene rings is 1. The molecule has 3 heteroatoms. The molecule has 3 nitrogen and oxygen atoms in total. The van der Waals surface area contributed by atoms with E-state index in [0.29, 0.717) is 13.0 Å². The Morgan fingerprint density at radius 2 is 1.65 bits per heavy atom. The predicted octanol–water partition coefficient (Wildman–Crippen LogP) is 4.78. The summed E-state index contributed by atoms with van der Waals surface area (Å²) in [5.74, 6) is 0.544. The lowest BCUT2D eigenvalue weighted by Crippen LogP contribution is -2.28. The number of hydrogen-bond acceptors (Lipinski definition) is 3. The second-order valence-electron chi connectivity index (χ2n) is 6.53. The van der Waals surface area contributed by atoms with Gasteiger partial charge in [0.15, 0.2) is 6.10 Å². The molecule has 0 amide bonds. The summed E-state index contributed by atoms with van der Waals surface area (Å²) in [5, 5.41) is 0. The number of methoxy groups -OCH3 is 1. The minimum Gasteiger partial charge on any atom is -0.464 e. The van der Waals surface area contributed by atoms with Crippen LogP contribution in [0.2, 0.25) is 0 Å². The van der Waals surface area contributed by atoms with E-state index in [2.05, 4.69) is 13.8 Å². The maximum Gasteiger partial charge on any atom is 0.335 e. The lowest BCUT2D eigenvalue weighted by atomic mass is 10.0. The van der Waals surface area contributed by atoms with Crippen LogP contribution >= 0.6 is 0 Å². The first-order chi connectivity index (χ1) is 11.1. The van der Waals surface area contributed by atoms with Crippen LogP contribution in [0.25, 0.3) is 0 Å². The normalized spacial score (nSPS) is 12.3. The van der Waals surface area contributed by atoms with E-state index in [1.807, 2.05) is 30.3 Å². The van der Waals surface area contributed by atoms with E-state index >= 15 is 0 Å². The van der Waals surface area contributed by atoms with Crippen molar-refractivity contribution >= 4 is 5.97 Å². The van der Waals surface area contributed by atoms with Crippen LogP contribution in [-0.2, 0) is 20.7 Å². The summed E-state index contributed by atoms with van der Waals surface area (Å²) in [5.41, 5.74) is 1.08. The molecule has 0 aliphatic carbocycles. The predicted molar refractivity (Wildman–Crippen MR) is 94.4 cm³/mol. The lowest BCUT2D eigenvalue weighted by Gasteiger charge is -2.14. The van der Waals surface area contributed by atoms with Crippen molar-refractivity contribution < 1.29 is 14.3 Å². The smallest absolute Gasteiger partial charge is 0.335 e. The molecule has 130 valence electrons. The van der Waals surface area contributed by atoms with Crippen molar-refractivity contribution in [3.05, 3.63) is 35.9 Å². The van der Waals surface area contributed by atoms with Crippen LogP contribution in [0.1, 0.15) is 57.9 Å². The van der Waals surface area contributed by atoms with Gasteiger partial charge in [-0.05, 0) is 17.9 Å². The van der Waals surface area contributed by atoms with E-state index in [0.717, 1.165) is 24.3 Å². The Bertz CT molecular complexity index is 414. The molecular weight excluding hydrogens is 288 g/mol. The molecule has 0 aliphatic rings. The highest BCUT2D eigenvalue weighted by Crippen LogP contribution is 2.11. The van der Waals surface area contributed by atoms with Crippen LogP contribution in [0.3, 0.4) is 0 Å². The van der Waals surface area contributed by atoms with Crippen LogP contribution in [0.5, 0.6) is 0 Å². The Labute approximate surface area is 141 Å². The van der Waals surface area contributed by atoms with Crippen LogP contribution in [0.4, 0.5) is 0 Å². The molecule has 0 saturated heterocycles. The van der Waals surface area contributed by atoms with Crippen molar-refractivity contribution in [2.45, 2.75) is 64.9 Å². The zero-order valence-corrected chi connectivity index (χ0v) is 14.9. The van der Waals surface area contributed by atoms with Gasteiger partial charge in [0.1, 0.15) is 0 Å². The SMILES string of the molecule is COC(Cc1ccccc1)C(=O)OCCCCCCCC(C)C. The topological polar surface area (TPSA) is 35.5 Å². The first-order valence-corrected chi connectivity index (χ1v) is 8.86. The third kappa shape index (κ3) is 9.39. The first-order valence-electron chi connectivity index (χ1n) is 8.86. The van der Waals surface area contributed by atoms with Gasteiger partial charge < -0.3 is 9.47 Å². The highest BCUT2D eigenvalue weighted by atomic mass is 16.6. The van der Waals surface area contributed by atoms with Gasteiger partial charge in [-0.1, -0.05) is 76.3 Å². The molecule has 0 bridgehead atoms. The second-order valence-corrected chi connectivity index (χ2v) is 6.53. The number of carbonyl (C=O) groups excluding carboxylic acids is 1. The van der Waals surface area contributed by atoms with E-state index in [4.69, 9.17) is 9.47 Å². The van der Waals surface area contributed by atoms with E-state index < -0.39 is 6.10 Å². The van der Waals surface area contributed by atoms with Gasteiger partial charge in [-0.15, -0.1) is 0 Å². The summed E-state index contributed by atoms with van der Waals surface area (Å²) in [6, 6.07) is 9.89. The summed E-state index contributed by atoms with van der Waals surface area (Å²) in [7, 11) is 1.56. The average molecular weight is 320 g/mol. The highest BCUT2D eigenvalue weighted by Gasteiger charge is 2.19. The van der Waals surface area contributed by atoms with Crippen LogP contribution in [-0.4, -0.2) is 25.8 Å². The fourth-order valence-electron chi connectivity index (χ4n) is 2.54. The van der Waals surface area contributed by atoms with Gasteiger partial charge in [-0.2, -0.15) is 0 Å². The standard InChI is InChI=1S/C20H32O3/c1-17(2)12-8-5-4-6-11-15-23-20(21)19(22-3)16-18-13-9-7-10-14-18/h7,9-10,13-14,17,19H,4-6,8,11-12,15-16H2,1-3H3. The van der Waals surface area contributed by atoms with Gasteiger partial charge in [-0.3, -0.25) is 0 Å². The zero-order chi connectivity index (χ0) is 16.9. The quantitative estimate of drug-likeness (QED) is 0.410. The molecule has 0 heterocycles. The molecule has 0 aliphatic heterocycles. The van der Waals surface area contributed by atoms with Crippen LogP contribution in [0, 0.1) is 5.92 Å². The summed E-state index contributed by atoms with van der Waals surface area (Å²) < 4.78 is 10.6. The number of esters is 1. The first kappa shape index (κ1) is 19.7. The summed E-state index contributed by atoms with van der Waals surface area (Å²) in [4.78, 5) is 12.0. The molecule has 1 aromatic carbocycles. The lowest BCUT2D eigenvalue weighted by molar-refractivity contribution is -0.155. The molecule has 1 rings (SSSR count). The highest BCUT2D eigenvalue weighted by molar-refractivity contribution is 5.75. The van der Waals surface area contributed by atoms with Crippen LogP contribution in [0.15, 0.2) is 30.3 Å². The van der Waals surface area contributed by atoms with Crippen molar-refractivity contribution in [3.8, 4) is 0 Å². The number of carbonyl (C=O) groups is 1. The maximum absolute atomic E-state index is 12.0. The minimum atomic E-state index is -0.511. The van der Waals surface area contributed by atoms with Crippen molar-refractivity contribution in [1.29, 1.82) is 0 Å². The van der Waals surface area contributed by atoms with Crippen molar-refractivity contribution in [2.75, 3.05) is 13.7 Å². The van der Waals surface area contributed by atoms with Gasteiger partial charge >= 0.3 is 5.97 Å². The Hall–Kier alpha value is -1.35. The molecule has 0 spiro atoms. The van der Waals surface area contributed by atoms with Crippen molar-refractivity contribution in [1.82, 2.24) is 0 Å². The molecule has 23 heavy (non-hydrogen) atoms. The number of ether oxygens (including phenoxy) is 2. The summed E-state index contributed by atoms with van der Waals surface area (Å²) in [6.45, 7) is 5.03. The van der Waals surface area contributed by atoms with Gasteiger partial charge in [0.2, 0.25) is 0 Å². The minimum absolute atomic E-state index is 0.254. The molecule has 0 fully saturated rings. The molecular formula is C20H32O3. The largest absolute Gasteiger partial charge is 0.464 e. The van der Waals surface area contributed by atoms with E-state index in [1.54, 1.807) is 7.11 Å².